The van der Waals surface area contributed by atoms with Crippen LogP contribution in [-0.2, 0) is 4.74 Å². The number of hydrogen-bond acceptors (Lipinski definition) is 5. The average Bonchev–Trinajstić information content (AvgIpc) is 3.25. The molecule has 5 rings (SSSR count). The zero-order valence-electron chi connectivity index (χ0n) is 24.4. The number of rotatable bonds is 4. The largest absolute Gasteiger partial charge is 0.495 e. The third kappa shape index (κ3) is 4.96. The average molecular weight is 538 g/mol. The summed E-state index contributed by atoms with van der Waals surface area (Å²) < 4.78 is 32.4. The number of nitrogens with one attached hydrogen (secondary N) is 1. The van der Waals surface area contributed by atoms with Crippen molar-refractivity contribution < 1.29 is 23.2 Å². The minimum atomic E-state index is -2.63. The van der Waals surface area contributed by atoms with Crippen LogP contribution < -0.4 is 15.4 Å². The van der Waals surface area contributed by atoms with Crippen LogP contribution in [0.15, 0.2) is 48.5 Å². The van der Waals surface area contributed by atoms with E-state index in [0.717, 1.165) is 22.0 Å². The molecule has 3 aromatic carbocycles. The molecule has 9 heteroatoms. The van der Waals surface area contributed by atoms with Crippen LogP contribution in [0.4, 0.5) is 10.5 Å². The smallest absolute Gasteiger partial charge is 0.410 e. The molecule has 0 bridgehead atoms. The van der Waals surface area contributed by atoms with Crippen LogP contribution in [0.25, 0.3) is 32.9 Å². The van der Waals surface area contributed by atoms with E-state index in [1.165, 1.54) is 6.07 Å². The lowest BCUT2D eigenvalue weighted by Crippen LogP contribution is -2.50. The first kappa shape index (κ1) is 22.1. The number of fused-ring (bicyclic) bond motifs is 3. The molecule has 38 heavy (non-hydrogen) atoms. The number of nitrogens with two attached hydrogens (primary N) is 1. The van der Waals surface area contributed by atoms with Crippen molar-refractivity contribution in [1.82, 2.24) is 9.88 Å². The fourth-order valence-electron chi connectivity index (χ4n) is 4.79. The number of ether oxygens (including phenoxy) is 2. The number of halogens is 1. The quantitative estimate of drug-likeness (QED) is 0.342. The van der Waals surface area contributed by atoms with Gasteiger partial charge in [-0.2, -0.15) is 0 Å². The summed E-state index contributed by atoms with van der Waals surface area (Å²) in [6.45, 7) is 7.97. The van der Waals surface area contributed by atoms with E-state index < -0.39 is 18.5 Å². The number of primary amides is 1. The van der Waals surface area contributed by atoms with Gasteiger partial charge in [0.1, 0.15) is 11.4 Å². The third-order valence-electron chi connectivity index (χ3n) is 6.63. The van der Waals surface area contributed by atoms with Crippen LogP contribution in [0.3, 0.4) is 0 Å². The van der Waals surface area contributed by atoms with Gasteiger partial charge in [-0.3, -0.25) is 4.79 Å². The highest BCUT2D eigenvalue weighted by Crippen LogP contribution is 2.36. The second kappa shape index (κ2) is 9.76. The molecule has 8 nitrogen and oxygen atoms in total. The number of amides is 2. The van der Waals surface area contributed by atoms with Gasteiger partial charge in [0.15, 0.2) is 0 Å². The Kier molecular flexibility index (Phi) is 5.68. The lowest BCUT2D eigenvalue weighted by molar-refractivity contribution is 0.0240. The van der Waals surface area contributed by atoms with Crippen LogP contribution in [-0.4, -0.2) is 60.7 Å². The Hall–Kier alpha value is -3.91. The number of aromatic nitrogens is 1. The molecule has 198 valence electrons. The van der Waals surface area contributed by atoms with Gasteiger partial charge in [0.2, 0.25) is 0 Å². The molecule has 0 aliphatic carbocycles. The molecule has 4 aromatic rings. The first-order valence-electron chi connectivity index (χ1n) is 13.8. The maximum absolute atomic E-state index is 12.5. The Balaban J connectivity index is 1.45. The fraction of sp³-hybridized carbons (Fsp3) is 0.310. The van der Waals surface area contributed by atoms with Gasteiger partial charge in [0, 0.05) is 48.2 Å². The lowest BCUT2D eigenvalue weighted by atomic mass is 9.98. The molecule has 0 spiro atoms. The van der Waals surface area contributed by atoms with Crippen molar-refractivity contribution in [1.29, 1.82) is 0 Å². The summed E-state index contributed by atoms with van der Waals surface area (Å²) in [5, 5.41) is 1.86. The number of piperazine rings is 1. The van der Waals surface area contributed by atoms with Gasteiger partial charge >= 0.3 is 6.09 Å². The summed E-state index contributed by atoms with van der Waals surface area (Å²) in [5.41, 5.74) is 9.37. The van der Waals surface area contributed by atoms with Crippen molar-refractivity contribution in [2.45, 2.75) is 26.4 Å². The molecule has 0 atom stereocenters. The number of benzene rings is 3. The van der Waals surface area contributed by atoms with Gasteiger partial charge < -0.3 is 30.0 Å². The van der Waals surface area contributed by atoms with Crippen molar-refractivity contribution in [3.05, 3.63) is 59.1 Å². The van der Waals surface area contributed by atoms with E-state index in [0.29, 0.717) is 48.4 Å². The summed E-state index contributed by atoms with van der Waals surface area (Å²) in [6, 6.07) is 14.4. The maximum Gasteiger partial charge on any atom is 0.410 e. The Morgan fingerprint density at radius 1 is 1.00 bits per heavy atom. The highest BCUT2D eigenvalue weighted by atomic mass is 35.5. The zero-order valence-corrected chi connectivity index (χ0v) is 22.2. The molecule has 1 fully saturated rings. The van der Waals surface area contributed by atoms with E-state index in [-0.39, 0.29) is 16.9 Å². The Bertz CT molecular complexity index is 1650. The molecular formula is C29H31ClN4O4. The molecule has 0 saturated carbocycles. The molecule has 0 radical (unpaired) electrons. The van der Waals surface area contributed by atoms with Crippen LogP contribution in [0.1, 0.15) is 35.2 Å². The lowest BCUT2D eigenvalue weighted by Gasteiger charge is -2.36. The molecule has 0 unspecified atom stereocenters. The number of aromatic amines is 1. The Morgan fingerprint density at radius 3 is 2.42 bits per heavy atom. The van der Waals surface area contributed by atoms with E-state index >= 15 is 0 Å². The molecule has 1 aliphatic rings. The highest BCUT2D eigenvalue weighted by Gasteiger charge is 2.26. The number of carbonyl (C=O) groups excluding carboxylic acids is 2. The van der Waals surface area contributed by atoms with Gasteiger partial charge in [-0.25, -0.2) is 4.79 Å². The second-order valence-corrected chi connectivity index (χ2v) is 10.8. The van der Waals surface area contributed by atoms with Crippen molar-refractivity contribution in [2.24, 2.45) is 5.73 Å². The van der Waals surface area contributed by atoms with Crippen molar-refractivity contribution in [3.63, 3.8) is 0 Å². The normalized spacial score (nSPS) is 15.7. The molecule has 2 amide bonds. The summed E-state index contributed by atoms with van der Waals surface area (Å²) >= 11 is 6.32. The number of anilines is 1. The predicted molar refractivity (Wildman–Crippen MR) is 151 cm³/mol. The monoisotopic (exact) mass is 537 g/mol. The van der Waals surface area contributed by atoms with E-state index in [4.69, 9.17) is 30.9 Å². The minimum Gasteiger partial charge on any atom is -0.495 e. The van der Waals surface area contributed by atoms with E-state index in [1.54, 1.807) is 23.1 Å². The second-order valence-electron chi connectivity index (χ2n) is 10.4. The number of H-pyrrole nitrogens is 1. The van der Waals surface area contributed by atoms with Crippen LogP contribution in [0.5, 0.6) is 5.75 Å². The van der Waals surface area contributed by atoms with Crippen molar-refractivity contribution in [3.8, 4) is 16.9 Å². The number of methoxy groups -OCH3 is 1. The van der Waals surface area contributed by atoms with Gasteiger partial charge in [0.25, 0.3) is 5.91 Å². The van der Waals surface area contributed by atoms with Crippen LogP contribution in [0, 0.1) is 0 Å². The summed E-state index contributed by atoms with van der Waals surface area (Å²) in [7, 11) is -2.63. The van der Waals surface area contributed by atoms with Gasteiger partial charge in [-0.15, -0.1) is 0 Å². The first-order valence-corrected chi connectivity index (χ1v) is 12.7. The SMILES string of the molecule is [2H]C([2H])([2H])Oc1ccc(-c2cc(C(N)=O)c3[nH]c4cc(N5CCN(C(=O)OC(C)(C)C)CC5)ccc4c3c2)cc1Cl. The van der Waals surface area contributed by atoms with E-state index in [2.05, 4.69) is 9.88 Å². The maximum atomic E-state index is 12.5. The molecule has 1 aliphatic heterocycles. The molecule has 3 N–H and O–H groups in total. The van der Waals surface area contributed by atoms with E-state index in [1.807, 2.05) is 45.0 Å². The molecule has 2 heterocycles. The fourth-order valence-corrected chi connectivity index (χ4v) is 5.01. The summed E-state index contributed by atoms with van der Waals surface area (Å²) in [6.07, 6.45) is -0.307. The van der Waals surface area contributed by atoms with Gasteiger partial charge in [-0.05, 0) is 68.3 Å². The number of hydrogen-bond donors (Lipinski definition) is 2. The third-order valence-corrected chi connectivity index (χ3v) is 6.92. The predicted octanol–water partition coefficient (Wildman–Crippen LogP) is 5.81. The van der Waals surface area contributed by atoms with Crippen molar-refractivity contribution in [2.75, 3.05) is 38.1 Å². The van der Waals surface area contributed by atoms with Gasteiger partial charge in [0.05, 0.1) is 27.3 Å². The molecule has 1 aromatic heterocycles. The summed E-state index contributed by atoms with van der Waals surface area (Å²) in [5.74, 6) is -0.548. The minimum absolute atomic E-state index is 0.0400. The first-order chi connectivity index (χ1) is 19.2. The highest BCUT2D eigenvalue weighted by molar-refractivity contribution is 6.32. The topological polar surface area (TPSA) is 101 Å². The Morgan fingerprint density at radius 2 is 1.76 bits per heavy atom. The zero-order chi connectivity index (χ0) is 29.7. The van der Waals surface area contributed by atoms with Gasteiger partial charge in [-0.1, -0.05) is 23.7 Å². The molecular weight excluding hydrogens is 504 g/mol. The Labute approximate surface area is 230 Å². The molecule has 1 saturated heterocycles. The number of nitrogens with zero attached hydrogens (tertiary/aromatic N) is 2. The number of carbonyl (C=O) groups is 2. The standard InChI is InChI=1S/C29H31ClN4O4/c1-29(2,3)38-28(36)34-11-9-33(10-12-34)19-6-7-20-21-13-18(17-5-8-25(37-4)23(30)15-17)14-22(27(31)35)26(21)32-24(20)16-19/h5-8,13-16,32H,9-12H2,1-4H3,(H2,31,35)/i4D3. The van der Waals surface area contributed by atoms with Crippen LogP contribution in [0.2, 0.25) is 5.02 Å². The summed E-state index contributed by atoms with van der Waals surface area (Å²) in [4.78, 5) is 32.2. The van der Waals surface area contributed by atoms with E-state index in [9.17, 15) is 9.59 Å². The van der Waals surface area contributed by atoms with Crippen molar-refractivity contribution >= 4 is 51.1 Å². The van der Waals surface area contributed by atoms with Crippen LogP contribution >= 0.6 is 11.6 Å².